The zero-order valence-corrected chi connectivity index (χ0v) is 13.1. The number of halogens is 1. The number of benzene rings is 1. The van der Waals surface area contributed by atoms with Crippen LogP contribution < -0.4 is 10.1 Å². The molecule has 1 aromatic carbocycles. The lowest BCUT2D eigenvalue weighted by Crippen LogP contribution is -2.52. The molecule has 6 heteroatoms. The van der Waals surface area contributed by atoms with E-state index in [2.05, 4.69) is 5.32 Å². The maximum absolute atomic E-state index is 11.7. The van der Waals surface area contributed by atoms with E-state index in [0.29, 0.717) is 29.5 Å². The van der Waals surface area contributed by atoms with Crippen LogP contribution in [0.1, 0.15) is 25.5 Å². The van der Waals surface area contributed by atoms with Crippen LogP contribution in [0, 0.1) is 0 Å². The zero-order valence-electron chi connectivity index (χ0n) is 12.3. The quantitative estimate of drug-likeness (QED) is 0.872. The molecule has 1 fully saturated rings. The molecule has 1 aliphatic rings. The van der Waals surface area contributed by atoms with Crippen molar-refractivity contribution in [1.29, 1.82) is 0 Å². The zero-order chi connectivity index (χ0) is 15.4. The number of aliphatic carboxylic acids is 1. The smallest absolute Gasteiger partial charge is 0.325 e. The minimum absolute atomic E-state index is 0.158. The molecule has 0 radical (unpaired) electrons. The number of ether oxygens (including phenoxy) is 1. The predicted molar refractivity (Wildman–Crippen MR) is 82.0 cm³/mol. The van der Waals surface area contributed by atoms with Crippen LogP contribution in [-0.4, -0.2) is 48.3 Å². The Kier molecular flexibility index (Phi) is 5.45. The molecule has 2 unspecified atom stereocenters. The number of carbonyl (C=O) groups is 1. The Balaban J connectivity index is 2.30. The van der Waals surface area contributed by atoms with E-state index in [4.69, 9.17) is 16.3 Å². The molecule has 2 atom stereocenters. The summed E-state index contributed by atoms with van der Waals surface area (Å²) in [5.74, 6) is -0.274. The summed E-state index contributed by atoms with van der Waals surface area (Å²) in [4.78, 5) is 13.7. The highest BCUT2D eigenvalue weighted by Gasteiger charge is 2.32. The van der Waals surface area contributed by atoms with Crippen molar-refractivity contribution in [2.24, 2.45) is 0 Å². The van der Waals surface area contributed by atoms with E-state index in [9.17, 15) is 9.90 Å². The Morgan fingerprint density at radius 1 is 1.62 bits per heavy atom. The molecule has 1 saturated heterocycles. The summed E-state index contributed by atoms with van der Waals surface area (Å²) in [6, 6.07) is 4.69. The van der Waals surface area contributed by atoms with Gasteiger partial charge in [-0.1, -0.05) is 17.7 Å². The van der Waals surface area contributed by atoms with Gasteiger partial charge in [-0.15, -0.1) is 0 Å². The fourth-order valence-corrected chi connectivity index (χ4v) is 2.92. The van der Waals surface area contributed by atoms with Gasteiger partial charge in [0.15, 0.2) is 0 Å². The van der Waals surface area contributed by atoms with Gasteiger partial charge in [0.2, 0.25) is 0 Å². The highest BCUT2D eigenvalue weighted by Crippen LogP contribution is 2.31. The number of carboxylic acid groups (broad SMARTS) is 1. The molecule has 2 rings (SSSR count). The van der Waals surface area contributed by atoms with Crippen molar-refractivity contribution in [2.45, 2.75) is 25.9 Å². The number of piperazine rings is 1. The van der Waals surface area contributed by atoms with Gasteiger partial charge in [0.05, 0.1) is 11.6 Å². The normalized spacial score (nSPS) is 21.0. The number of hydrogen-bond donors (Lipinski definition) is 2. The third-order valence-electron chi connectivity index (χ3n) is 3.69. The van der Waals surface area contributed by atoms with E-state index in [-0.39, 0.29) is 6.04 Å². The van der Waals surface area contributed by atoms with Crippen molar-refractivity contribution in [3.8, 4) is 5.75 Å². The molecule has 0 spiro atoms. The summed E-state index contributed by atoms with van der Waals surface area (Å²) in [6.07, 6.45) is 0. The van der Waals surface area contributed by atoms with E-state index in [1.807, 2.05) is 18.7 Å². The molecule has 1 heterocycles. The minimum Gasteiger partial charge on any atom is -0.492 e. The van der Waals surface area contributed by atoms with Gasteiger partial charge in [0.25, 0.3) is 0 Å². The van der Waals surface area contributed by atoms with E-state index in [0.717, 1.165) is 13.1 Å². The lowest BCUT2D eigenvalue weighted by Gasteiger charge is -2.38. The van der Waals surface area contributed by atoms with Gasteiger partial charge in [0, 0.05) is 25.7 Å². The highest BCUT2D eigenvalue weighted by molar-refractivity contribution is 6.32. The van der Waals surface area contributed by atoms with E-state index in [1.165, 1.54) is 0 Å². The van der Waals surface area contributed by atoms with Crippen LogP contribution in [0.4, 0.5) is 0 Å². The first-order valence-electron chi connectivity index (χ1n) is 7.16. The van der Waals surface area contributed by atoms with Crippen LogP contribution in [-0.2, 0) is 4.79 Å². The molecule has 5 nitrogen and oxygen atoms in total. The highest BCUT2D eigenvalue weighted by atomic mass is 35.5. The molecule has 0 saturated carbocycles. The minimum atomic E-state index is -0.857. The van der Waals surface area contributed by atoms with Crippen LogP contribution in [0.3, 0.4) is 0 Å². The molecule has 0 aromatic heterocycles. The Labute approximate surface area is 129 Å². The van der Waals surface area contributed by atoms with Gasteiger partial charge in [-0.05, 0) is 31.5 Å². The fourth-order valence-electron chi connectivity index (χ4n) is 2.68. The van der Waals surface area contributed by atoms with Crippen LogP contribution in [0.15, 0.2) is 18.2 Å². The number of carboxylic acids is 1. The summed E-state index contributed by atoms with van der Waals surface area (Å²) >= 11 is 6.18. The van der Waals surface area contributed by atoms with Gasteiger partial charge in [-0.3, -0.25) is 9.69 Å². The van der Waals surface area contributed by atoms with Gasteiger partial charge < -0.3 is 15.2 Å². The number of nitrogens with one attached hydrogen (secondary N) is 1. The van der Waals surface area contributed by atoms with Crippen molar-refractivity contribution in [3.63, 3.8) is 0 Å². The maximum Gasteiger partial charge on any atom is 0.325 e. The van der Waals surface area contributed by atoms with E-state index >= 15 is 0 Å². The average Bonchev–Trinajstić information content (AvgIpc) is 2.44. The Hall–Kier alpha value is -1.30. The summed E-state index contributed by atoms with van der Waals surface area (Å²) in [5, 5.41) is 13.3. The van der Waals surface area contributed by atoms with E-state index < -0.39 is 12.0 Å². The monoisotopic (exact) mass is 312 g/mol. The van der Waals surface area contributed by atoms with Crippen molar-refractivity contribution >= 4 is 17.6 Å². The summed E-state index contributed by atoms with van der Waals surface area (Å²) in [5.41, 5.74) is 0.685. The lowest BCUT2D eigenvalue weighted by molar-refractivity contribution is -0.145. The molecule has 1 aliphatic heterocycles. The van der Waals surface area contributed by atoms with Crippen LogP contribution in [0.2, 0.25) is 5.02 Å². The van der Waals surface area contributed by atoms with Crippen LogP contribution in [0.5, 0.6) is 5.75 Å². The predicted octanol–water partition coefficient (Wildman–Crippen LogP) is 2.16. The molecule has 1 aromatic rings. The van der Waals surface area contributed by atoms with Gasteiger partial charge in [-0.2, -0.15) is 0 Å². The summed E-state index contributed by atoms with van der Waals surface area (Å²) in [7, 11) is 0. The van der Waals surface area contributed by atoms with Gasteiger partial charge >= 0.3 is 5.97 Å². The standard InChI is InChI=1S/C15H21ClN2O3/c1-3-21-13-5-4-11(8-12(13)16)14(15(19)20)18-7-6-17-9-10(18)2/h4-5,8,10,14,17H,3,6-7,9H2,1-2H3,(H,19,20). The van der Waals surface area contributed by atoms with Crippen molar-refractivity contribution in [3.05, 3.63) is 28.8 Å². The fraction of sp³-hybridized carbons (Fsp3) is 0.533. The maximum atomic E-state index is 11.7. The van der Waals surface area contributed by atoms with Gasteiger partial charge in [0.1, 0.15) is 11.8 Å². The molecule has 116 valence electrons. The average molecular weight is 313 g/mol. The third-order valence-corrected chi connectivity index (χ3v) is 3.99. The Morgan fingerprint density at radius 3 is 2.95 bits per heavy atom. The van der Waals surface area contributed by atoms with E-state index in [1.54, 1.807) is 18.2 Å². The Morgan fingerprint density at radius 2 is 2.38 bits per heavy atom. The molecule has 0 aliphatic carbocycles. The number of rotatable bonds is 5. The van der Waals surface area contributed by atoms with Crippen molar-refractivity contribution < 1.29 is 14.6 Å². The van der Waals surface area contributed by atoms with Crippen LogP contribution >= 0.6 is 11.6 Å². The SMILES string of the molecule is CCOc1ccc(C(C(=O)O)N2CCNCC2C)cc1Cl. The van der Waals surface area contributed by atoms with Crippen molar-refractivity contribution in [1.82, 2.24) is 10.2 Å². The molecular weight excluding hydrogens is 292 g/mol. The Bertz CT molecular complexity index is 510. The first-order chi connectivity index (χ1) is 10.0. The second-order valence-electron chi connectivity index (χ2n) is 5.15. The summed E-state index contributed by atoms with van der Waals surface area (Å²) in [6.45, 7) is 6.71. The van der Waals surface area contributed by atoms with Gasteiger partial charge in [-0.25, -0.2) is 0 Å². The largest absolute Gasteiger partial charge is 0.492 e. The third kappa shape index (κ3) is 3.67. The molecule has 0 bridgehead atoms. The number of hydrogen-bond acceptors (Lipinski definition) is 4. The topological polar surface area (TPSA) is 61.8 Å². The first-order valence-corrected chi connectivity index (χ1v) is 7.54. The second kappa shape index (κ2) is 7.11. The molecule has 0 amide bonds. The number of nitrogens with zero attached hydrogens (tertiary/aromatic N) is 1. The molecular formula is C15H21ClN2O3. The van der Waals surface area contributed by atoms with Crippen molar-refractivity contribution in [2.75, 3.05) is 26.2 Å². The second-order valence-corrected chi connectivity index (χ2v) is 5.56. The molecule has 2 N–H and O–H groups in total. The summed E-state index contributed by atoms with van der Waals surface area (Å²) < 4.78 is 5.40. The van der Waals surface area contributed by atoms with Crippen LogP contribution in [0.25, 0.3) is 0 Å². The molecule has 21 heavy (non-hydrogen) atoms. The lowest BCUT2D eigenvalue weighted by atomic mass is 10.0. The first kappa shape index (κ1) is 16.1.